The van der Waals surface area contributed by atoms with Crippen LogP contribution in [0.25, 0.3) is 11.1 Å². The van der Waals surface area contributed by atoms with Crippen molar-refractivity contribution < 1.29 is 4.42 Å². The molecule has 0 saturated heterocycles. The van der Waals surface area contributed by atoms with Gasteiger partial charge in [0.25, 0.3) is 5.22 Å². The number of aryl methyl sites for hydroxylation is 1. The third-order valence-corrected chi connectivity index (χ3v) is 6.16. The number of anilines is 3. The highest BCUT2D eigenvalue weighted by molar-refractivity contribution is 7.99. The Bertz CT molecular complexity index is 1230. The van der Waals surface area contributed by atoms with Gasteiger partial charge < -0.3 is 15.1 Å². The number of para-hydroxylation sites is 1. The summed E-state index contributed by atoms with van der Waals surface area (Å²) in [4.78, 5) is 20.1. The number of nitrogens with zero attached hydrogens (tertiary/aromatic N) is 5. The van der Waals surface area contributed by atoms with E-state index in [1.807, 2.05) is 19.1 Å². The lowest BCUT2D eigenvalue weighted by Gasteiger charge is -2.29. The van der Waals surface area contributed by atoms with Crippen LogP contribution >= 0.6 is 23.4 Å². The summed E-state index contributed by atoms with van der Waals surface area (Å²) in [5, 5.41) is 1.01. The molecular weight excluding hydrogens is 420 g/mol. The van der Waals surface area contributed by atoms with Gasteiger partial charge in [0.2, 0.25) is 11.9 Å². The summed E-state index contributed by atoms with van der Waals surface area (Å²) in [5.41, 5.74) is 9.86. The predicted molar refractivity (Wildman–Crippen MR) is 119 cm³/mol. The minimum atomic E-state index is -0.127. The van der Waals surface area contributed by atoms with E-state index in [-0.39, 0.29) is 11.2 Å². The average Bonchev–Trinajstić information content (AvgIpc) is 3.14. The number of aromatic nitrogens is 4. The summed E-state index contributed by atoms with van der Waals surface area (Å²) >= 11 is 7.46. The highest BCUT2D eigenvalue weighted by atomic mass is 35.5. The molecule has 152 valence electrons. The van der Waals surface area contributed by atoms with Crippen molar-refractivity contribution in [1.29, 1.82) is 0 Å². The molecule has 2 N–H and O–H groups in total. The maximum Gasteiger partial charge on any atom is 0.257 e. The van der Waals surface area contributed by atoms with Crippen molar-refractivity contribution in [3.8, 4) is 0 Å². The molecule has 0 unspecified atom stereocenters. The molecule has 5 rings (SSSR count). The van der Waals surface area contributed by atoms with Crippen LogP contribution in [0.2, 0.25) is 5.02 Å². The average molecular weight is 439 g/mol. The quantitative estimate of drug-likeness (QED) is 0.435. The molecule has 1 atom stereocenters. The first-order chi connectivity index (χ1) is 14.6. The number of benzene rings is 2. The van der Waals surface area contributed by atoms with Crippen LogP contribution in [0.1, 0.15) is 30.0 Å². The third kappa shape index (κ3) is 3.68. The number of rotatable bonds is 4. The molecule has 9 heteroatoms. The maximum absolute atomic E-state index is 6.04. The minimum absolute atomic E-state index is 0.127. The van der Waals surface area contributed by atoms with Gasteiger partial charge >= 0.3 is 0 Å². The fourth-order valence-electron chi connectivity index (χ4n) is 3.57. The van der Waals surface area contributed by atoms with Crippen LogP contribution in [-0.4, -0.2) is 26.5 Å². The molecule has 0 radical (unpaired) electrons. The predicted octanol–water partition coefficient (Wildman–Crippen LogP) is 5.19. The number of thioether (sulfide) groups is 1. The second-order valence-electron chi connectivity index (χ2n) is 7.09. The van der Waals surface area contributed by atoms with Crippen LogP contribution in [0.4, 0.5) is 17.6 Å². The molecule has 1 aliphatic heterocycles. The molecule has 0 amide bonds. The molecule has 2 aromatic heterocycles. The molecule has 0 saturated carbocycles. The first-order valence-electron chi connectivity index (χ1n) is 9.66. The van der Waals surface area contributed by atoms with Crippen molar-refractivity contribution in [3.05, 3.63) is 58.9 Å². The number of halogens is 1. The van der Waals surface area contributed by atoms with Gasteiger partial charge in [0, 0.05) is 23.3 Å². The van der Waals surface area contributed by atoms with Crippen molar-refractivity contribution in [3.63, 3.8) is 0 Å². The summed E-state index contributed by atoms with van der Waals surface area (Å²) in [6, 6.07) is 13.7. The fourth-order valence-corrected chi connectivity index (χ4v) is 4.54. The van der Waals surface area contributed by atoms with Crippen LogP contribution in [0.3, 0.4) is 0 Å². The van der Waals surface area contributed by atoms with Gasteiger partial charge in [-0.3, -0.25) is 0 Å². The summed E-state index contributed by atoms with van der Waals surface area (Å²) in [6.45, 7) is 2.84. The zero-order valence-corrected chi connectivity index (χ0v) is 17.8. The Labute approximate surface area is 182 Å². The Morgan fingerprint density at radius 3 is 2.90 bits per heavy atom. The first kappa shape index (κ1) is 19.1. The van der Waals surface area contributed by atoms with Crippen LogP contribution in [0.15, 0.2) is 52.1 Å². The summed E-state index contributed by atoms with van der Waals surface area (Å²) in [5.74, 6) is 1.36. The molecule has 3 heterocycles. The number of oxazole rings is 1. The Morgan fingerprint density at radius 1 is 1.13 bits per heavy atom. The molecule has 0 bridgehead atoms. The number of nitrogens with two attached hydrogens (primary N) is 1. The Kier molecular flexibility index (Phi) is 4.96. The van der Waals surface area contributed by atoms with E-state index in [2.05, 4.69) is 38.1 Å². The second kappa shape index (κ2) is 7.77. The van der Waals surface area contributed by atoms with Crippen molar-refractivity contribution in [2.75, 3.05) is 17.2 Å². The molecule has 1 aliphatic rings. The summed E-state index contributed by atoms with van der Waals surface area (Å²) in [7, 11) is 0. The Morgan fingerprint density at radius 2 is 2.00 bits per heavy atom. The molecule has 0 aliphatic carbocycles. The van der Waals surface area contributed by atoms with Crippen molar-refractivity contribution in [1.82, 2.24) is 19.9 Å². The number of nitrogen functional groups attached to an aromatic ring is 1. The van der Waals surface area contributed by atoms with Gasteiger partial charge in [0.1, 0.15) is 11.3 Å². The molecule has 0 spiro atoms. The smallest absolute Gasteiger partial charge is 0.257 e. The van der Waals surface area contributed by atoms with Crippen molar-refractivity contribution >= 4 is 52.0 Å². The van der Waals surface area contributed by atoms with Gasteiger partial charge in [-0.15, -0.1) is 0 Å². The van der Waals surface area contributed by atoms with E-state index in [4.69, 9.17) is 26.7 Å². The van der Waals surface area contributed by atoms with E-state index in [1.54, 1.807) is 12.1 Å². The van der Waals surface area contributed by atoms with Crippen LogP contribution in [0.5, 0.6) is 0 Å². The van der Waals surface area contributed by atoms with Gasteiger partial charge in [-0.25, -0.2) is 4.98 Å². The minimum Gasteiger partial charge on any atom is -0.431 e. The van der Waals surface area contributed by atoms with Gasteiger partial charge in [-0.05, 0) is 43.5 Å². The third-order valence-electron chi connectivity index (χ3n) is 4.98. The highest BCUT2D eigenvalue weighted by Gasteiger charge is 2.23. The molecule has 2 aromatic carbocycles. The molecule has 7 nitrogen and oxygen atoms in total. The van der Waals surface area contributed by atoms with E-state index in [1.165, 1.54) is 17.3 Å². The van der Waals surface area contributed by atoms with E-state index in [9.17, 15) is 0 Å². The highest BCUT2D eigenvalue weighted by Crippen LogP contribution is 2.37. The van der Waals surface area contributed by atoms with Crippen molar-refractivity contribution in [2.45, 2.75) is 30.2 Å². The summed E-state index contributed by atoms with van der Waals surface area (Å²) < 4.78 is 5.82. The van der Waals surface area contributed by atoms with Crippen molar-refractivity contribution in [2.24, 2.45) is 0 Å². The number of hydrogen-bond donors (Lipinski definition) is 1. The topological polar surface area (TPSA) is 94.0 Å². The van der Waals surface area contributed by atoms with Gasteiger partial charge in [0.05, 0.1) is 5.25 Å². The lowest BCUT2D eigenvalue weighted by atomic mass is 10.0. The van der Waals surface area contributed by atoms with E-state index >= 15 is 0 Å². The van der Waals surface area contributed by atoms with Crippen LogP contribution < -0.4 is 10.6 Å². The van der Waals surface area contributed by atoms with Crippen LogP contribution in [0, 0.1) is 0 Å². The van der Waals surface area contributed by atoms with Gasteiger partial charge in [-0.1, -0.05) is 41.6 Å². The normalized spacial score (nSPS) is 14.7. The molecular formula is C21H19ClN6OS. The zero-order valence-electron chi connectivity index (χ0n) is 16.2. The maximum atomic E-state index is 6.04. The Balaban J connectivity index is 1.44. The fraction of sp³-hybridized carbons (Fsp3) is 0.238. The van der Waals surface area contributed by atoms with E-state index < -0.39 is 0 Å². The monoisotopic (exact) mass is 438 g/mol. The van der Waals surface area contributed by atoms with E-state index in [0.717, 1.165) is 30.6 Å². The molecule has 4 aromatic rings. The molecule has 0 fully saturated rings. The largest absolute Gasteiger partial charge is 0.431 e. The van der Waals surface area contributed by atoms with Gasteiger partial charge in [-0.2, -0.15) is 15.0 Å². The second-order valence-corrected chi connectivity index (χ2v) is 8.82. The Hall–Kier alpha value is -2.84. The number of fused-ring (bicyclic) bond motifs is 2. The number of hydrogen-bond acceptors (Lipinski definition) is 8. The van der Waals surface area contributed by atoms with Gasteiger partial charge in [0.15, 0.2) is 5.58 Å². The van der Waals surface area contributed by atoms with Crippen LogP contribution in [-0.2, 0) is 6.42 Å². The van der Waals surface area contributed by atoms with E-state index in [0.29, 0.717) is 27.6 Å². The first-order valence-corrected chi connectivity index (χ1v) is 10.9. The summed E-state index contributed by atoms with van der Waals surface area (Å²) in [6.07, 6.45) is 2.09. The zero-order chi connectivity index (χ0) is 20.7. The lowest BCUT2D eigenvalue weighted by molar-refractivity contribution is 0.488. The standard InChI is InChI=1S/C21H19ClN6OS/c1-12(30-21-24-15-9-8-14(22)11-17(15)29-21)18-25-19(23)27-20(26-18)28-10-4-6-13-5-2-3-7-16(13)28/h2-3,5,7-9,11-12H,4,6,10H2,1H3,(H2,23,25,26,27)/t12-/m1/s1. The molecule has 30 heavy (non-hydrogen) atoms. The lowest BCUT2D eigenvalue weighted by Crippen LogP contribution is -2.27. The SMILES string of the molecule is C[C@@H](Sc1nc2ccc(Cl)cc2o1)c1nc(N)nc(N2CCCc3ccccc32)n1.